The van der Waals surface area contributed by atoms with Crippen molar-refractivity contribution < 1.29 is 19.0 Å². The third-order valence-corrected chi connectivity index (χ3v) is 4.86. The Morgan fingerprint density at radius 1 is 1.00 bits per heavy atom. The van der Waals surface area contributed by atoms with E-state index in [1.165, 1.54) is 11.1 Å². The van der Waals surface area contributed by atoms with Gasteiger partial charge in [-0.25, -0.2) is 4.79 Å². The molecule has 128 valence electrons. The number of aryl methyl sites for hydroxylation is 2. The van der Waals surface area contributed by atoms with Gasteiger partial charge in [-0.3, -0.25) is 0 Å². The maximum absolute atomic E-state index is 12.2. The molecule has 4 nitrogen and oxygen atoms in total. The molecule has 0 radical (unpaired) electrons. The number of rotatable bonds is 3. The Hall–Kier alpha value is -2.75. The lowest BCUT2D eigenvalue weighted by molar-refractivity contribution is -0.135. The number of hydrogen-bond donors (Lipinski definition) is 0. The fourth-order valence-corrected chi connectivity index (χ4v) is 3.25. The van der Waals surface area contributed by atoms with E-state index in [2.05, 4.69) is 26.0 Å². The SMILES string of the molecule is Cc1ccc(/C=C2/C(=O)OC[C@@H]2Cc2ccc3c(c2)OCO3)cc1C. The van der Waals surface area contributed by atoms with Gasteiger partial charge in [-0.15, -0.1) is 0 Å². The molecule has 1 saturated heterocycles. The Morgan fingerprint density at radius 2 is 1.84 bits per heavy atom. The summed E-state index contributed by atoms with van der Waals surface area (Å²) >= 11 is 0. The van der Waals surface area contributed by atoms with Crippen LogP contribution >= 0.6 is 0 Å². The first kappa shape index (κ1) is 15.8. The molecule has 1 fully saturated rings. The van der Waals surface area contributed by atoms with E-state index >= 15 is 0 Å². The summed E-state index contributed by atoms with van der Waals surface area (Å²) in [5.74, 6) is 1.37. The molecule has 0 amide bonds. The lowest BCUT2D eigenvalue weighted by Gasteiger charge is -2.10. The van der Waals surface area contributed by atoms with Gasteiger partial charge in [0.25, 0.3) is 0 Å². The minimum Gasteiger partial charge on any atom is -0.462 e. The number of fused-ring (bicyclic) bond motifs is 1. The fourth-order valence-electron chi connectivity index (χ4n) is 3.25. The monoisotopic (exact) mass is 336 g/mol. The van der Waals surface area contributed by atoms with Gasteiger partial charge in [0.1, 0.15) is 0 Å². The first-order valence-electron chi connectivity index (χ1n) is 8.44. The molecule has 2 heterocycles. The van der Waals surface area contributed by atoms with Crippen LogP contribution in [0.15, 0.2) is 42.0 Å². The first-order valence-corrected chi connectivity index (χ1v) is 8.44. The van der Waals surface area contributed by atoms with Crippen molar-refractivity contribution >= 4 is 12.0 Å². The van der Waals surface area contributed by atoms with Crippen LogP contribution in [-0.4, -0.2) is 19.4 Å². The van der Waals surface area contributed by atoms with Crippen LogP contribution in [0.5, 0.6) is 11.5 Å². The van der Waals surface area contributed by atoms with Crippen LogP contribution in [0.4, 0.5) is 0 Å². The molecule has 0 aliphatic carbocycles. The van der Waals surface area contributed by atoms with E-state index in [0.29, 0.717) is 6.61 Å². The van der Waals surface area contributed by atoms with Crippen molar-refractivity contribution in [1.29, 1.82) is 0 Å². The van der Waals surface area contributed by atoms with Crippen LogP contribution in [-0.2, 0) is 16.0 Å². The van der Waals surface area contributed by atoms with Crippen LogP contribution in [0.3, 0.4) is 0 Å². The normalized spacial score (nSPS) is 20.2. The van der Waals surface area contributed by atoms with Crippen molar-refractivity contribution in [2.75, 3.05) is 13.4 Å². The van der Waals surface area contributed by atoms with Gasteiger partial charge in [-0.2, -0.15) is 0 Å². The molecule has 4 heteroatoms. The summed E-state index contributed by atoms with van der Waals surface area (Å²) in [5, 5.41) is 0. The molecule has 2 aromatic rings. The van der Waals surface area contributed by atoms with Crippen LogP contribution in [0.1, 0.15) is 22.3 Å². The topological polar surface area (TPSA) is 44.8 Å². The summed E-state index contributed by atoms with van der Waals surface area (Å²) in [6, 6.07) is 12.1. The Bertz CT molecular complexity index is 866. The molecule has 0 bridgehead atoms. The van der Waals surface area contributed by atoms with E-state index < -0.39 is 0 Å². The maximum Gasteiger partial charge on any atom is 0.334 e. The Morgan fingerprint density at radius 3 is 2.68 bits per heavy atom. The zero-order valence-electron chi connectivity index (χ0n) is 14.4. The van der Waals surface area contributed by atoms with Crippen molar-refractivity contribution in [2.24, 2.45) is 5.92 Å². The maximum atomic E-state index is 12.2. The second-order valence-corrected chi connectivity index (χ2v) is 6.63. The number of hydrogen-bond acceptors (Lipinski definition) is 4. The van der Waals surface area contributed by atoms with Gasteiger partial charge in [-0.1, -0.05) is 24.3 Å². The van der Waals surface area contributed by atoms with Crippen LogP contribution < -0.4 is 9.47 Å². The van der Waals surface area contributed by atoms with Crippen molar-refractivity contribution in [3.8, 4) is 11.5 Å². The molecule has 25 heavy (non-hydrogen) atoms. The van der Waals surface area contributed by atoms with Crippen molar-refractivity contribution in [3.05, 3.63) is 64.2 Å². The third-order valence-electron chi connectivity index (χ3n) is 4.86. The molecular formula is C21H20O4. The molecule has 2 aromatic carbocycles. The summed E-state index contributed by atoms with van der Waals surface area (Å²) in [5.41, 5.74) is 5.34. The second-order valence-electron chi connectivity index (χ2n) is 6.63. The Kier molecular flexibility index (Phi) is 3.96. The van der Waals surface area contributed by atoms with Gasteiger partial charge < -0.3 is 14.2 Å². The Labute approximate surface area is 147 Å². The van der Waals surface area contributed by atoms with Crippen molar-refractivity contribution in [1.82, 2.24) is 0 Å². The standard InChI is InChI=1S/C21H20O4/c1-13-3-4-15(7-14(13)2)9-18-17(11-23-21(18)22)8-16-5-6-19-20(10-16)25-12-24-19/h3-7,9-10,17H,8,11-12H2,1-2H3/b18-9+/t17-/m0/s1. The zero-order chi connectivity index (χ0) is 17.4. The van der Waals surface area contributed by atoms with Crippen LogP contribution in [0, 0.1) is 19.8 Å². The molecule has 1 atom stereocenters. The van der Waals surface area contributed by atoms with Gasteiger partial charge in [0.15, 0.2) is 11.5 Å². The highest BCUT2D eigenvalue weighted by molar-refractivity contribution is 5.96. The first-order chi connectivity index (χ1) is 12.1. The number of carbonyl (C=O) groups is 1. The molecule has 2 aliphatic heterocycles. The highest BCUT2D eigenvalue weighted by Crippen LogP contribution is 2.35. The van der Waals surface area contributed by atoms with Crippen molar-refractivity contribution in [2.45, 2.75) is 20.3 Å². The summed E-state index contributed by atoms with van der Waals surface area (Å²) in [6.45, 7) is 4.85. The highest BCUT2D eigenvalue weighted by Gasteiger charge is 2.31. The quantitative estimate of drug-likeness (QED) is 0.631. The predicted molar refractivity (Wildman–Crippen MR) is 94.6 cm³/mol. The average Bonchev–Trinajstić information content (AvgIpc) is 3.19. The molecule has 0 saturated carbocycles. The highest BCUT2D eigenvalue weighted by atomic mass is 16.7. The van der Waals surface area contributed by atoms with E-state index in [0.717, 1.165) is 34.6 Å². The number of benzene rings is 2. The van der Waals surface area contributed by atoms with Crippen LogP contribution in [0.25, 0.3) is 6.08 Å². The van der Waals surface area contributed by atoms with E-state index in [9.17, 15) is 4.79 Å². The molecule has 0 N–H and O–H groups in total. The van der Waals surface area contributed by atoms with Gasteiger partial charge in [-0.05, 0) is 60.7 Å². The van der Waals surface area contributed by atoms with Crippen LogP contribution in [0.2, 0.25) is 0 Å². The van der Waals surface area contributed by atoms with Gasteiger partial charge >= 0.3 is 5.97 Å². The molecule has 4 rings (SSSR count). The molecule has 0 unspecified atom stereocenters. The third kappa shape index (κ3) is 3.12. The van der Waals surface area contributed by atoms with Gasteiger partial charge in [0, 0.05) is 11.5 Å². The number of ether oxygens (including phenoxy) is 3. The number of carbonyl (C=O) groups excluding carboxylic acids is 1. The lowest BCUT2D eigenvalue weighted by atomic mass is 9.92. The predicted octanol–water partition coefficient (Wildman–Crippen LogP) is 3.83. The molecule has 0 spiro atoms. The summed E-state index contributed by atoms with van der Waals surface area (Å²) in [4.78, 5) is 12.2. The van der Waals surface area contributed by atoms with E-state index in [-0.39, 0.29) is 18.7 Å². The van der Waals surface area contributed by atoms with E-state index in [1.54, 1.807) is 0 Å². The minimum absolute atomic E-state index is 0.0504. The molecule has 2 aliphatic rings. The average molecular weight is 336 g/mol. The second kappa shape index (κ2) is 6.28. The van der Waals surface area contributed by atoms with E-state index in [4.69, 9.17) is 14.2 Å². The minimum atomic E-state index is -0.219. The summed E-state index contributed by atoms with van der Waals surface area (Å²) in [6.07, 6.45) is 2.69. The van der Waals surface area contributed by atoms with Gasteiger partial charge in [0.2, 0.25) is 6.79 Å². The molecular weight excluding hydrogens is 316 g/mol. The number of cyclic esters (lactones) is 1. The van der Waals surface area contributed by atoms with Gasteiger partial charge in [0.05, 0.1) is 6.61 Å². The Balaban J connectivity index is 1.59. The van der Waals surface area contributed by atoms with Crippen molar-refractivity contribution in [3.63, 3.8) is 0 Å². The fraction of sp³-hybridized carbons (Fsp3) is 0.286. The lowest BCUT2D eigenvalue weighted by Crippen LogP contribution is -2.07. The van der Waals surface area contributed by atoms with E-state index in [1.807, 2.05) is 30.3 Å². The summed E-state index contributed by atoms with van der Waals surface area (Å²) in [7, 11) is 0. The largest absolute Gasteiger partial charge is 0.462 e. The summed E-state index contributed by atoms with van der Waals surface area (Å²) < 4.78 is 16.1. The smallest absolute Gasteiger partial charge is 0.334 e. The number of esters is 1. The molecule has 0 aromatic heterocycles. The zero-order valence-corrected chi connectivity index (χ0v) is 14.4.